The number of hydrogen-bond donors (Lipinski definition) is 2. The maximum Gasteiger partial charge on any atom is 0.241 e. The Hall–Kier alpha value is -0.430. The Morgan fingerprint density at radius 1 is 1.42 bits per heavy atom. The standard InChI is InChI=1S/C13H20BrNO3S/c1-3-4-5-10(2)15-19(17,18)13-8-11(9-16)6-7-12(13)14/h6-8,10,15-16H,3-5,9H2,1-2H3. The SMILES string of the molecule is CCCCC(C)NS(=O)(=O)c1cc(CO)ccc1Br. The number of rotatable bonds is 7. The Balaban J connectivity index is 2.93. The van der Waals surface area contributed by atoms with Crippen LogP contribution < -0.4 is 4.72 Å². The van der Waals surface area contributed by atoms with Crippen LogP contribution in [0.3, 0.4) is 0 Å². The van der Waals surface area contributed by atoms with E-state index >= 15 is 0 Å². The molecule has 0 amide bonds. The fourth-order valence-corrected chi connectivity index (χ4v) is 4.04. The van der Waals surface area contributed by atoms with Crippen molar-refractivity contribution < 1.29 is 13.5 Å². The van der Waals surface area contributed by atoms with Gasteiger partial charge in [-0.1, -0.05) is 25.8 Å². The molecule has 1 atom stereocenters. The highest BCUT2D eigenvalue weighted by Gasteiger charge is 2.20. The maximum absolute atomic E-state index is 12.3. The third kappa shape index (κ3) is 4.87. The van der Waals surface area contributed by atoms with E-state index in [-0.39, 0.29) is 17.5 Å². The summed E-state index contributed by atoms with van der Waals surface area (Å²) in [6.07, 6.45) is 2.84. The number of halogens is 1. The van der Waals surface area contributed by atoms with Crippen LogP contribution in [-0.4, -0.2) is 19.6 Å². The predicted octanol–water partition coefficient (Wildman–Crippen LogP) is 2.80. The Labute approximate surface area is 123 Å². The van der Waals surface area contributed by atoms with Gasteiger partial charge in [0, 0.05) is 10.5 Å². The average molecular weight is 350 g/mol. The molecule has 1 unspecified atom stereocenters. The number of hydrogen-bond acceptors (Lipinski definition) is 3. The van der Waals surface area contributed by atoms with Crippen LogP contribution in [0.5, 0.6) is 0 Å². The smallest absolute Gasteiger partial charge is 0.241 e. The number of sulfonamides is 1. The topological polar surface area (TPSA) is 66.4 Å². The van der Waals surface area contributed by atoms with E-state index in [0.717, 1.165) is 19.3 Å². The molecule has 0 aliphatic heterocycles. The summed E-state index contributed by atoms with van der Waals surface area (Å²) in [5.41, 5.74) is 0.574. The van der Waals surface area contributed by atoms with Gasteiger partial charge in [0.1, 0.15) is 0 Å². The first-order valence-electron chi connectivity index (χ1n) is 6.32. The fraction of sp³-hybridized carbons (Fsp3) is 0.538. The highest BCUT2D eigenvalue weighted by atomic mass is 79.9. The van der Waals surface area contributed by atoms with Crippen LogP contribution >= 0.6 is 15.9 Å². The monoisotopic (exact) mass is 349 g/mol. The molecular weight excluding hydrogens is 330 g/mol. The number of nitrogens with one attached hydrogen (secondary N) is 1. The third-order valence-electron chi connectivity index (χ3n) is 2.81. The molecule has 2 N–H and O–H groups in total. The zero-order chi connectivity index (χ0) is 14.5. The van der Waals surface area contributed by atoms with Crippen molar-refractivity contribution in [1.29, 1.82) is 0 Å². The molecule has 4 nitrogen and oxygen atoms in total. The van der Waals surface area contributed by atoms with Gasteiger partial charge in [0.2, 0.25) is 10.0 Å². The summed E-state index contributed by atoms with van der Waals surface area (Å²) < 4.78 is 27.7. The van der Waals surface area contributed by atoms with Gasteiger partial charge in [0.05, 0.1) is 11.5 Å². The molecule has 0 radical (unpaired) electrons. The Bertz CT molecular complexity index is 517. The van der Waals surface area contributed by atoms with Gasteiger partial charge in [0.25, 0.3) is 0 Å². The minimum absolute atomic E-state index is 0.102. The van der Waals surface area contributed by atoms with Crippen LogP contribution in [-0.2, 0) is 16.6 Å². The molecule has 0 fully saturated rings. The van der Waals surface area contributed by atoms with Gasteiger partial charge in [-0.2, -0.15) is 0 Å². The maximum atomic E-state index is 12.3. The van der Waals surface area contributed by atoms with Crippen molar-refractivity contribution in [2.24, 2.45) is 0 Å². The lowest BCUT2D eigenvalue weighted by Gasteiger charge is -2.15. The summed E-state index contributed by atoms with van der Waals surface area (Å²) in [5, 5.41) is 9.09. The molecule has 6 heteroatoms. The third-order valence-corrected chi connectivity index (χ3v) is 5.40. The number of unbranched alkanes of at least 4 members (excludes halogenated alkanes) is 1. The van der Waals surface area contributed by atoms with Gasteiger partial charge in [-0.25, -0.2) is 13.1 Å². The van der Waals surface area contributed by atoms with Gasteiger partial charge in [0.15, 0.2) is 0 Å². The number of aliphatic hydroxyl groups is 1. The second-order valence-corrected chi connectivity index (χ2v) is 7.12. The molecule has 1 aromatic rings. The molecule has 0 aromatic heterocycles. The van der Waals surface area contributed by atoms with Gasteiger partial charge >= 0.3 is 0 Å². The molecule has 0 saturated carbocycles. The number of aliphatic hydroxyl groups excluding tert-OH is 1. The van der Waals surface area contributed by atoms with Crippen molar-refractivity contribution in [2.75, 3.05) is 0 Å². The summed E-state index contributed by atoms with van der Waals surface area (Å²) in [6, 6.07) is 4.70. The van der Waals surface area contributed by atoms with Crippen molar-refractivity contribution >= 4 is 26.0 Å². The lowest BCUT2D eigenvalue weighted by atomic mass is 10.2. The molecule has 0 aliphatic rings. The molecule has 108 valence electrons. The van der Waals surface area contributed by atoms with Crippen LogP contribution in [0.1, 0.15) is 38.7 Å². The minimum atomic E-state index is -3.56. The van der Waals surface area contributed by atoms with Gasteiger partial charge in [-0.3, -0.25) is 0 Å². The highest BCUT2D eigenvalue weighted by molar-refractivity contribution is 9.10. The van der Waals surface area contributed by atoms with E-state index in [4.69, 9.17) is 5.11 Å². The largest absolute Gasteiger partial charge is 0.392 e. The molecular formula is C13H20BrNO3S. The first-order valence-corrected chi connectivity index (χ1v) is 8.60. The molecule has 1 rings (SSSR count). The molecule has 1 aromatic carbocycles. The first kappa shape index (κ1) is 16.6. The van der Waals surface area contributed by atoms with Crippen molar-refractivity contribution in [3.05, 3.63) is 28.2 Å². The van der Waals surface area contributed by atoms with E-state index < -0.39 is 10.0 Å². The lowest BCUT2D eigenvalue weighted by Crippen LogP contribution is -2.32. The number of benzene rings is 1. The lowest BCUT2D eigenvalue weighted by molar-refractivity contribution is 0.281. The zero-order valence-corrected chi connectivity index (χ0v) is 13.6. The summed E-state index contributed by atoms with van der Waals surface area (Å²) in [5.74, 6) is 0. The zero-order valence-electron chi connectivity index (χ0n) is 11.2. The van der Waals surface area contributed by atoms with Crippen LogP contribution in [0.2, 0.25) is 0 Å². The molecule has 0 aliphatic carbocycles. The van der Waals surface area contributed by atoms with E-state index in [1.165, 1.54) is 6.07 Å². The normalized spacial score (nSPS) is 13.5. The van der Waals surface area contributed by atoms with Gasteiger partial charge in [-0.15, -0.1) is 0 Å². The Morgan fingerprint density at radius 3 is 2.68 bits per heavy atom. The van der Waals surface area contributed by atoms with E-state index in [1.54, 1.807) is 12.1 Å². The van der Waals surface area contributed by atoms with Crippen molar-refractivity contribution in [3.63, 3.8) is 0 Å². The fourth-order valence-electron chi connectivity index (χ4n) is 1.75. The predicted molar refractivity (Wildman–Crippen MR) is 79.4 cm³/mol. The van der Waals surface area contributed by atoms with Crippen molar-refractivity contribution in [2.45, 2.75) is 50.7 Å². The second kappa shape index (κ2) is 7.38. The Morgan fingerprint density at radius 2 is 2.11 bits per heavy atom. The van der Waals surface area contributed by atoms with Crippen molar-refractivity contribution in [3.8, 4) is 0 Å². The average Bonchev–Trinajstić information content (AvgIpc) is 2.36. The van der Waals surface area contributed by atoms with Crippen LogP contribution in [0.4, 0.5) is 0 Å². The molecule has 0 bridgehead atoms. The van der Waals surface area contributed by atoms with Crippen LogP contribution in [0, 0.1) is 0 Å². The summed E-state index contributed by atoms with van der Waals surface area (Å²) in [7, 11) is -3.56. The van der Waals surface area contributed by atoms with Gasteiger partial charge in [-0.05, 0) is 47.0 Å². The van der Waals surface area contributed by atoms with E-state index in [2.05, 4.69) is 27.6 Å². The van der Waals surface area contributed by atoms with E-state index in [1.807, 2.05) is 6.92 Å². The van der Waals surface area contributed by atoms with E-state index in [0.29, 0.717) is 10.0 Å². The molecule has 19 heavy (non-hydrogen) atoms. The van der Waals surface area contributed by atoms with Gasteiger partial charge < -0.3 is 5.11 Å². The quantitative estimate of drug-likeness (QED) is 0.795. The second-order valence-electron chi connectivity index (χ2n) is 4.59. The van der Waals surface area contributed by atoms with Crippen LogP contribution in [0.15, 0.2) is 27.6 Å². The summed E-state index contributed by atoms with van der Waals surface area (Å²) in [6.45, 7) is 3.75. The molecule has 0 heterocycles. The van der Waals surface area contributed by atoms with Crippen LogP contribution in [0.25, 0.3) is 0 Å². The molecule has 0 saturated heterocycles. The Kier molecular flexibility index (Phi) is 6.46. The van der Waals surface area contributed by atoms with E-state index in [9.17, 15) is 8.42 Å². The molecule has 0 spiro atoms. The highest BCUT2D eigenvalue weighted by Crippen LogP contribution is 2.23. The minimum Gasteiger partial charge on any atom is -0.392 e. The summed E-state index contributed by atoms with van der Waals surface area (Å²) in [4.78, 5) is 0.169. The van der Waals surface area contributed by atoms with Crippen molar-refractivity contribution in [1.82, 2.24) is 4.72 Å². The summed E-state index contributed by atoms with van der Waals surface area (Å²) >= 11 is 3.24. The first-order chi connectivity index (χ1) is 8.90.